The van der Waals surface area contributed by atoms with Crippen LogP contribution in [0.15, 0.2) is 94.6 Å². The van der Waals surface area contributed by atoms with Crippen LogP contribution >= 0.6 is 8.53 Å². The molecule has 5 unspecified atom stereocenters. The molecule has 1 aromatic heterocycles. The molecule has 0 saturated carbocycles. The summed E-state index contributed by atoms with van der Waals surface area (Å²) < 4.78 is 39.6. The first-order valence-corrected chi connectivity index (χ1v) is 19.2. The number of nitriles is 1. The molecule has 2 N–H and O–H groups in total. The van der Waals surface area contributed by atoms with Gasteiger partial charge in [-0.05, 0) is 67.1 Å². The molecule has 12 nitrogen and oxygen atoms in total. The largest absolute Gasteiger partial charge is 0.497 e. The average molecular weight is 759 g/mol. The van der Waals surface area contributed by atoms with Gasteiger partial charge in [0.15, 0.2) is 0 Å². The van der Waals surface area contributed by atoms with Crippen LogP contribution in [-0.4, -0.2) is 54.7 Å². The summed E-state index contributed by atoms with van der Waals surface area (Å²) in [5.74, 6) is 1.40. The third kappa shape index (κ3) is 9.47. The van der Waals surface area contributed by atoms with Gasteiger partial charge in [0, 0.05) is 24.2 Å². The van der Waals surface area contributed by atoms with E-state index in [4.69, 9.17) is 28.0 Å². The maximum Gasteiger partial charge on any atom is 0.330 e. The summed E-state index contributed by atoms with van der Waals surface area (Å²) in [6.45, 7) is 11.7. The lowest BCUT2D eigenvalue weighted by Crippen LogP contribution is -2.39. The minimum Gasteiger partial charge on any atom is -0.497 e. The Bertz CT molecular complexity index is 1920. The van der Waals surface area contributed by atoms with E-state index < -0.39 is 49.9 Å². The number of aryl methyl sites for hydroxylation is 1. The lowest BCUT2D eigenvalue weighted by Gasteiger charge is -2.38. The number of benzene rings is 3. The van der Waals surface area contributed by atoms with Crippen molar-refractivity contribution in [3.05, 3.63) is 128 Å². The van der Waals surface area contributed by atoms with Crippen molar-refractivity contribution in [2.45, 2.75) is 90.6 Å². The van der Waals surface area contributed by atoms with Crippen molar-refractivity contribution in [2.24, 2.45) is 5.41 Å². The molecule has 0 aliphatic carbocycles. The molecule has 5 rings (SSSR count). The fourth-order valence-corrected chi connectivity index (χ4v) is 8.02. The van der Waals surface area contributed by atoms with E-state index in [-0.39, 0.29) is 30.9 Å². The van der Waals surface area contributed by atoms with E-state index in [0.717, 1.165) is 16.7 Å². The number of hydrogen-bond acceptors (Lipinski definition) is 10. The number of hydrogen-bond donors (Lipinski definition) is 2. The Hall–Kier alpha value is -4.34. The first-order chi connectivity index (χ1) is 25.8. The lowest BCUT2D eigenvalue weighted by molar-refractivity contribution is -0.0925. The van der Waals surface area contributed by atoms with E-state index in [9.17, 15) is 14.9 Å². The highest BCUT2D eigenvalue weighted by Gasteiger charge is 2.44. The SMILES string of the molecule is COc1ccc(C(OCC2OC(n3cc(C)c(=O)[nH]c3=O)CC2OP(NC(C)C)OC(CC#N)C(C)(C)C)(c2ccccc2)c2ccc(OC)cc2)cc1. The van der Waals surface area contributed by atoms with Crippen molar-refractivity contribution in [1.82, 2.24) is 14.6 Å². The van der Waals surface area contributed by atoms with Crippen LogP contribution < -0.4 is 25.8 Å². The second-order valence-corrected chi connectivity index (χ2v) is 15.9. The molecule has 5 atom stereocenters. The Labute approximate surface area is 318 Å². The van der Waals surface area contributed by atoms with Gasteiger partial charge in [0.2, 0.25) is 0 Å². The van der Waals surface area contributed by atoms with Crippen molar-refractivity contribution < 1.29 is 28.0 Å². The highest BCUT2D eigenvalue weighted by atomic mass is 31.2. The Morgan fingerprint density at radius 1 is 0.944 bits per heavy atom. The predicted octanol–water partition coefficient (Wildman–Crippen LogP) is 7.11. The number of aromatic amines is 1. The molecular weight excluding hydrogens is 707 g/mol. The molecule has 288 valence electrons. The Balaban J connectivity index is 1.59. The second kappa shape index (κ2) is 17.9. The normalized spacial score (nSPS) is 18.6. The van der Waals surface area contributed by atoms with Gasteiger partial charge in [0.05, 0.1) is 45.5 Å². The standard InChI is InChI=1S/C41H51N4O8P/c1-27(2)44-54(53-36(22-23-42)40(4,5)6)52-34-24-37(45-25-28(3)38(46)43-39(45)47)51-35(34)26-50-41(29-12-10-9-11-13-29,30-14-18-32(48-7)19-15-30)31-16-20-33(49-8)21-17-31/h9-21,25,27,34-37,44H,22,24,26H2,1-8H3,(H,43,46,47). The van der Waals surface area contributed by atoms with Crippen LogP contribution in [0.3, 0.4) is 0 Å². The first kappa shape index (κ1) is 40.8. The van der Waals surface area contributed by atoms with Crippen molar-refractivity contribution in [3.8, 4) is 17.6 Å². The van der Waals surface area contributed by atoms with E-state index in [0.29, 0.717) is 17.1 Å². The highest BCUT2D eigenvalue weighted by Crippen LogP contribution is 2.47. The molecule has 1 saturated heterocycles. The number of H-pyrrole nitrogens is 1. The molecule has 3 aromatic carbocycles. The lowest BCUT2D eigenvalue weighted by atomic mass is 9.80. The van der Waals surface area contributed by atoms with Crippen LogP contribution in [0.4, 0.5) is 0 Å². The van der Waals surface area contributed by atoms with Crippen molar-refractivity contribution >= 4 is 8.53 Å². The van der Waals surface area contributed by atoms with Gasteiger partial charge in [-0.3, -0.25) is 14.3 Å². The topological polar surface area (TPSA) is 146 Å². The summed E-state index contributed by atoms with van der Waals surface area (Å²) in [4.78, 5) is 27.8. The van der Waals surface area contributed by atoms with Gasteiger partial charge in [-0.15, -0.1) is 0 Å². The molecule has 1 fully saturated rings. The fraction of sp³-hybridized carbons (Fsp3) is 0.439. The monoisotopic (exact) mass is 758 g/mol. The van der Waals surface area contributed by atoms with E-state index >= 15 is 0 Å². The number of aromatic nitrogens is 2. The zero-order chi connectivity index (χ0) is 39.0. The maximum atomic E-state index is 13.1. The number of nitrogens with one attached hydrogen (secondary N) is 2. The molecule has 0 bridgehead atoms. The van der Waals surface area contributed by atoms with Crippen molar-refractivity contribution in [2.75, 3.05) is 20.8 Å². The van der Waals surface area contributed by atoms with Gasteiger partial charge >= 0.3 is 5.69 Å². The number of rotatable bonds is 16. The summed E-state index contributed by atoms with van der Waals surface area (Å²) >= 11 is 0. The van der Waals surface area contributed by atoms with Crippen LogP contribution in [0, 0.1) is 23.7 Å². The van der Waals surface area contributed by atoms with Crippen LogP contribution in [0.25, 0.3) is 0 Å². The molecule has 4 aromatic rings. The molecule has 1 aliphatic rings. The van der Waals surface area contributed by atoms with Gasteiger partial charge in [-0.25, -0.2) is 9.88 Å². The molecule has 0 amide bonds. The van der Waals surface area contributed by atoms with E-state index in [1.807, 2.05) is 113 Å². The Kier molecular flexibility index (Phi) is 13.5. The molecular formula is C41H51N4O8P. The Morgan fingerprint density at radius 3 is 2.04 bits per heavy atom. The van der Waals surface area contributed by atoms with Crippen LogP contribution in [-0.2, 0) is 24.1 Å². The van der Waals surface area contributed by atoms with Crippen LogP contribution in [0.1, 0.15) is 75.9 Å². The van der Waals surface area contributed by atoms with Crippen molar-refractivity contribution in [1.29, 1.82) is 5.26 Å². The summed E-state index contributed by atoms with van der Waals surface area (Å²) in [6.07, 6.45) is -0.611. The fourth-order valence-electron chi connectivity index (χ4n) is 6.33. The molecule has 13 heteroatoms. The molecule has 1 aliphatic heterocycles. The predicted molar refractivity (Wildman–Crippen MR) is 207 cm³/mol. The zero-order valence-corrected chi connectivity index (χ0v) is 33.1. The number of methoxy groups -OCH3 is 2. The van der Waals surface area contributed by atoms with Gasteiger partial charge in [0.25, 0.3) is 14.1 Å². The highest BCUT2D eigenvalue weighted by molar-refractivity contribution is 7.45. The first-order valence-electron chi connectivity index (χ1n) is 18.0. The summed E-state index contributed by atoms with van der Waals surface area (Å²) in [5.41, 5.74) is 0.391. The van der Waals surface area contributed by atoms with Gasteiger partial charge in [-0.2, -0.15) is 5.26 Å². The van der Waals surface area contributed by atoms with E-state index in [1.165, 1.54) is 10.8 Å². The maximum absolute atomic E-state index is 13.1. The molecule has 54 heavy (non-hydrogen) atoms. The summed E-state index contributed by atoms with van der Waals surface area (Å²) in [6, 6.07) is 27.7. The minimum absolute atomic E-state index is 0.00743. The zero-order valence-electron chi connectivity index (χ0n) is 32.2. The molecule has 0 radical (unpaired) electrons. The molecule has 0 spiro atoms. The number of nitrogens with zero attached hydrogens (tertiary/aromatic N) is 2. The summed E-state index contributed by atoms with van der Waals surface area (Å²) in [7, 11) is 1.50. The van der Waals surface area contributed by atoms with Crippen LogP contribution in [0.5, 0.6) is 11.5 Å². The van der Waals surface area contributed by atoms with Gasteiger partial charge in [-0.1, -0.05) is 75.4 Å². The Morgan fingerprint density at radius 2 is 1.52 bits per heavy atom. The van der Waals surface area contributed by atoms with E-state index in [1.54, 1.807) is 21.1 Å². The summed E-state index contributed by atoms with van der Waals surface area (Å²) in [5, 5.41) is 13.1. The minimum atomic E-state index is -1.75. The smallest absolute Gasteiger partial charge is 0.330 e. The van der Waals surface area contributed by atoms with Crippen LogP contribution in [0.2, 0.25) is 0 Å². The number of ether oxygens (including phenoxy) is 4. The van der Waals surface area contributed by atoms with Crippen molar-refractivity contribution in [3.63, 3.8) is 0 Å². The van der Waals surface area contributed by atoms with Gasteiger partial charge < -0.3 is 28.0 Å². The third-order valence-electron chi connectivity index (χ3n) is 9.33. The second-order valence-electron chi connectivity index (χ2n) is 14.7. The molecule has 2 heterocycles. The van der Waals surface area contributed by atoms with E-state index in [2.05, 4.69) is 16.1 Å². The average Bonchev–Trinajstić information content (AvgIpc) is 3.55. The quantitative estimate of drug-likeness (QED) is 0.0896. The third-order valence-corrected chi connectivity index (χ3v) is 11.0. The van der Waals surface area contributed by atoms with Gasteiger partial charge in [0.1, 0.15) is 29.4 Å².